The zero-order valence-corrected chi connectivity index (χ0v) is 29.8. The van der Waals surface area contributed by atoms with Crippen molar-refractivity contribution in [1.29, 1.82) is 0 Å². The Morgan fingerprint density at radius 3 is 2.19 bits per heavy atom. The maximum atomic E-state index is 9.60. The van der Waals surface area contributed by atoms with Gasteiger partial charge in [-0.3, -0.25) is 4.99 Å². The van der Waals surface area contributed by atoms with E-state index in [1.54, 1.807) is 7.05 Å². The van der Waals surface area contributed by atoms with Crippen molar-refractivity contribution in [3.05, 3.63) is 83.6 Å². The lowest BCUT2D eigenvalue weighted by atomic mass is 9.79. The van der Waals surface area contributed by atoms with Gasteiger partial charge in [-0.25, -0.2) is 0 Å². The molecule has 2 aliphatic rings. The van der Waals surface area contributed by atoms with Crippen LogP contribution in [0.1, 0.15) is 115 Å². The van der Waals surface area contributed by atoms with Crippen molar-refractivity contribution in [2.75, 3.05) is 21.1 Å². The summed E-state index contributed by atoms with van der Waals surface area (Å²) in [6.07, 6.45) is 20.1. The van der Waals surface area contributed by atoms with Crippen molar-refractivity contribution in [3.63, 3.8) is 0 Å². The van der Waals surface area contributed by atoms with Crippen LogP contribution in [0.15, 0.2) is 77.5 Å². The number of aliphatic imine (C=N–C) groups is 1. The average Bonchev–Trinajstić information content (AvgIpc) is 3.00. The summed E-state index contributed by atoms with van der Waals surface area (Å²) < 4.78 is 0. The van der Waals surface area contributed by atoms with Crippen LogP contribution in [0.4, 0.5) is 0 Å². The minimum absolute atomic E-state index is 0. The van der Waals surface area contributed by atoms with Crippen LogP contribution in [0, 0.1) is 11.8 Å². The Bertz CT molecular complexity index is 1090. The topological polar surface area (TPSA) is 47.9 Å². The predicted octanol–water partition coefficient (Wildman–Crippen LogP) is 10.6. The molecular weight excluding hydrogens is 526 g/mol. The first-order valence-corrected chi connectivity index (χ1v) is 16.6. The molecule has 2 N–H and O–H groups in total. The molecule has 43 heavy (non-hydrogen) atoms. The molecule has 1 aliphatic carbocycles. The zero-order chi connectivity index (χ0) is 33.0. The summed E-state index contributed by atoms with van der Waals surface area (Å²) in [5.74, 6) is 1.83. The van der Waals surface area contributed by atoms with E-state index in [1.807, 2.05) is 79.8 Å². The molecule has 1 aliphatic heterocycles. The molecule has 0 spiro atoms. The van der Waals surface area contributed by atoms with Crippen molar-refractivity contribution in [2.45, 2.75) is 112 Å². The molecule has 0 radical (unpaired) electrons. The van der Waals surface area contributed by atoms with E-state index in [0.29, 0.717) is 0 Å². The van der Waals surface area contributed by atoms with Crippen molar-refractivity contribution in [1.82, 2.24) is 10.2 Å². The maximum absolute atomic E-state index is 9.60. The highest BCUT2D eigenvalue weighted by atomic mass is 16.3. The van der Waals surface area contributed by atoms with E-state index < -0.39 is 5.60 Å². The second kappa shape index (κ2) is 21.8. The highest BCUT2D eigenvalue weighted by Crippen LogP contribution is 2.32. The van der Waals surface area contributed by atoms with Crippen LogP contribution in [-0.2, 0) is 0 Å². The number of benzene rings is 1. The minimum atomic E-state index is -0.455. The van der Waals surface area contributed by atoms with Gasteiger partial charge in [-0.2, -0.15) is 0 Å². The number of hydrogen-bond acceptors (Lipinski definition) is 4. The van der Waals surface area contributed by atoms with Crippen molar-refractivity contribution >= 4 is 17.5 Å². The van der Waals surface area contributed by atoms with Gasteiger partial charge in [0.2, 0.25) is 0 Å². The molecule has 1 atom stereocenters. The summed E-state index contributed by atoms with van der Waals surface area (Å²) in [5, 5.41) is 13.2. The molecule has 246 valence electrons. The molecule has 1 saturated carbocycles. The molecule has 1 fully saturated rings. The Hall–Kier alpha value is -2.85. The third-order valence-electron chi connectivity index (χ3n) is 7.60. The number of allylic oxidation sites excluding steroid dienone is 5. The van der Waals surface area contributed by atoms with Gasteiger partial charge in [-0.15, -0.1) is 0 Å². The van der Waals surface area contributed by atoms with E-state index >= 15 is 0 Å². The molecule has 3 rings (SSSR count). The van der Waals surface area contributed by atoms with E-state index in [2.05, 4.69) is 79.4 Å². The Kier molecular flexibility index (Phi) is 20.3. The summed E-state index contributed by atoms with van der Waals surface area (Å²) >= 11 is 0. The lowest BCUT2D eigenvalue weighted by molar-refractivity contribution is 0.0602. The SMILES string of the molecule is C=C/C(=C\N(C)C)c1cccc(C2=CC=C(/C(C=NC)=C/C)C(C)N2)c1.CC.CC.CC1CCC(CCC(C)(C)O)CC1.[HH].[HH]. The van der Waals surface area contributed by atoms with Gasteiger partial charge in [0, 0.05) is 48.1 Å². The van der Waals surface area contributed by atoms with Gasteiger partial charge >= 0.3 is 0 Å². The number of nitrogens with one attached hydrogen (secondary N) is 1. The van der Waals surface area contributed by atoms with Crippen LogP contribution < -0.4 is 5.32 Å². The van der Waals surface area contributed by atoms with Crippen LogP contribution >= 0.6 is 0 Å². The highest BCUT2D eigenvalue weighted by molar-refractivity contribution is 5.86. The summed E-state index contributed by atoms with van der Waals surface area (Å²) in [6, 6.07) is 8.76. The van der Waals surface area contributed by atoms with Gasteiger partial charge in [0.05, 0.1) is 5.60 Å². The lowest BCUT2D eigenvalue weighted by Crippen LogP contribution is -2.30. The van der Waals surface area contributed by atoms with Gasteiger partial charge < -0.3 is 15.3 Å². The first-order valence-electron chi connectivity index (χ1n) is 16.6. The predicted molar refractivity (Wildman–Crippen MR) is 199 cm³/mol. The first kappa shape index (κ1) is 40.1. The number of nitrogens with zero attached hydrogens (tertiary/aromatic N) is 2. The molecule has 1 unspecified atom stereocenters. The molecule has 0 saturated heterocycles. The van der Waals surface area contributed by atoms with E-state index in [-0.39, 0.29) is 8.90 Å². The van der Waals surface area contributed by atoms with Crippen LogP contribution in [0.5, 0.6) is 0 Å². The Balaban J connectivity index is -0.000000787. The molecule has 0 aromatic heterocycles. The van der Waals surface area contributed by atoms with Gasteiger partial charge in [0.25, 0.3) is 0 Å². The van der Waals surface area contributed by atoms with Gasteiger partial charge in [-0.1, -0.05) is 103 Å². The Morgan fingerprint density at radius 1 is 1.07 bits per heavy atom. The fourth-order valence-corrected chi connectivity index (χ4v) is 5.22. The fourth-order valence-electron chi connectivity index (χ4n) is 5.22. The number of hydrogen-bond donors (Lipinski definition) is 2. The van der Waals surface area contributed by atoms with Gasteiger partial charge in [0.15, 0.2) is 0 Å². The van der Waals surface area contributed by atoms with E-state index in [4.69, 9.17) is 0 Å². The molecule has 4 nitrogen and oxygen atoms in total. The third-order valence-corrected chi connectivity index (χ3v) is 7.60. The van der Waals surface area contributed by atoms with E-state index in [0.717, 1.165) is 40.7 Å². The summed E-state index contributed by atoms with van der Waals surface area (Å²) in [4.78, 5) is 6.19. The second-order valence-corrected chi connectivity index (χ2v) is 12.0. The van der Waals surface area contributed by atoms with Crippen molar-refractivity contribution in [3.8, 4) is 0 Å². The minimum Gasteiger partial charge on any atom is -0.390 e. The Morgan fingerprint density at radius 2 is 1.70 bits per heavy atom. The van der Waals surface area contributed by atoms with Crippen LogP contribution in [0.3, 0.4) is 0 Å². The third kappa shape index (κ3) is 15.4. The molecule has 0 bridgehead atoms. The quantitative estimate of drug-likeness (QED) is 0.220. The smallest absolute Gasteiger partial charge is 0.0591 e. The normalized spacial score (nSPS) is 20.5. The summed E-state index contributed by atoms with van der Waals surface area (Å²) in [7, 11) is 5.84. The van der Waals surface area contributed by atoms with Gasteiger partial charge in [-0.05, 0) is 92.4 Å². The van der Waals surface area contributed by atoms with Crippen molar-refractivity contribution < 1.29 is 7.96 Å². The van der Waals surface area contributed by atoms with Gasteiger partial charge in [0.1, 0.15) is 0 Å². The number of aliphatic hydroxyl groups is 1. The number of rotatable bonds is 9. The molecule has 0 amide bonds. The first-order chi connectivity index (χ1) is 20.5. The zero-order valence-electron chi connectivity index (χ0n) is 29.8. The largest absolute Gasteiger partial charge is 0.390 e. The summed E-state index contributed by atoms with van der Waals surface area (Å²) in [6.45, 7) is 22.4. The molecule has 1 aromatic carbocycles. The Labute approximate surface area is 269 Å². The van der Waals surface area contributed by atoms with Crippen molar-refractivity contribution in [2.24, 2.45) is 16.8 Å². The molecular formula is C39H69N3O. The molecule has 4 heteroatoms. The standard InChI is InChI=1S/C23H29N3.C12H24O.2C2H6.2H2/c1-7-18(15-24-4)22-12-13-23(25-17(22)3)21-11-9-10-20(14-21)19(8-2)16-26(5)6;1-10-4-6-11(7-5-10)8-9-12(2,3)13;2*1-2;;/h7-17,25H,2H2,1,3-6H3;10-11,13H,4-9H2,1-3H3;2*1-2H3;2*1H/b18-7+,19-16+,24-15?;;;;;. The summed E-state index contributed by atoms with van der Waals surface area (Å²) in [5.41, 5.74) is 6.50. The highest BCUT2D eigenvalue weighted by Gasteiger charge is 2.21. The maximum Gasteiger partial charge on any atom is 0.0591 e. The average molecular weight is 596 g/mol. The van der Waals surface area contributed by atoms with E-state index in [1.165, 1.54) is 43.2 Å². The van der Waals surface area contributed by atoms with E-state index in [9.17, 15) is 5.11 Å². The fraction of sp³-hybridized carbons (Fsp3) is 0.564. The number of dihydropyridines is 1. The lowest BCUT2D eigenvalue weighted by Gasteiger charge is -2.28. The van der Waals surface area contributed by atoms with Crippen LogP contribution in [-0.4, -0.2) is 49.0 Å². The second-order valence-electron chi connectivity index (χ2n) is 12.0. The van der Waals surface area contributed by atoms with Crippen LogP contribution in [0.25, 0.3) is 11.3 Å². The van der Waals surface area contributed by atoms with Crippen LogP contribution in [0.2, 0.25) is 0 Å². The molecule has 1 aromatic rings. The monoisotopic (exact) mass is 596 g/mol. The molecule has 1 heterocycles.